The van der Waals surface area contributed by atoms with Gasteiger partial charge in [0.05, 0.1) is 21.3 Å². The van der Waals surface area contributed by atoms with Gasteiger partial charge >= 0.3 is 0 Å². The molecule has 0 spiro atoms. The van der Waals surface area contributed by atoms with Gasteiger partial charge in [0.15, 0.2) is 4.77 Å². The molecule has 0 radical (unpaired) electrons. The van der Waals surface area contributed by atoms with Crippen LogP contribution in [-0.2, 0) is 40.1 Å². The number of carbonyl (C=O) groups excluding carboxylic acids is 1. The highest BCUT2D eigenvalue weighted by molar-refractivity contribution is 9.10. The molecule has 1 aromatic carbocycles. The third-order valence-electron chi connectivity index (χ3n) is 6.18. The fourth-order valence-corrected chi connectivity index (χ4v) is 5.64. The van der Waals surface area contributed by atoms with Gasteiger partial charge in [-0.15, -0.1) is 0 Å². The number of halogens is 3. The molecule has 1 N–H and O–H groups in total. The summed E-state index contributed by atoms with van der Waals surface area (Å²) in [7, 11) is -1.39. The summed E-state index contributed by atoms with van der Waals surface area (Å²) in [5, 5.41) is 2.74. The number of imidazole rings is 1. The van der Waals surface area contributed by atoms with E-state index in [0.717, 1.165) is 17.6 Å². The second-order valence-electron chi connectivity index (χ2n) is 8.37. The minimum atomic E-state index is -3.19. The maximum absolute atomic E-state index is 14.7. The van der Waals surface area contributed by atoms with Crippen LogP contribution in [0.5, 0.6) is 0 Å². The van der Waals surface area contributed by atoms with E-state index in [4.69, 9.17) is 12.2 Å². The van der Waals surface area contributed by atoms with E-state index < -0.39 is 32.8 Å². The molecule has 31 heavy (non-hydrogen) atoms. The molecular weight excluding hydrogens is 512 g/mol. The molecule has 1 fully saturated rings. The van der Waals surface area contributed by atoms with Crippen molar-refractivity contribution in [2.45, 2.75) is 37.1 Å². The summed E-state index contributed by atoms with van der Waals surface area (Å²) in [5.74, 6) is -2.03. The fourth-order valence-electron chi connectivity index (χ4n) is 4.55. The Hall–Kier alpha value is -1.59. The molecule has 1 saturated carbocycles. The number of hydrogen-bond acceptors (Lipinski definition) is 4. The molecule has 0 bridgehead atoms. The highest BCUT2D eigenvalue weighted by Crippen LogP contribution is 2.52. The van der Waals surface area contributed by atoms with E-state index in [1.807, 2.05) is 4.57 Å². The first-order valence-corrected chi connectivity index (χ1v) is 13.1. The molecule has 6 nitrogen and oxygen atoms in total. The molecule has 2 heterocycles. The average Bonchev–Trinajstić information content (AvgIpc) is 3.31. The van der Waals surface area contributed by atoms with Gasteiger partial charge in [0, 0.05) is 43.6 Å². The normalized spacial score (nSPS) is 19.3. The van der Waals surface area contributed by atoms with Crippen molar-refractivity contribution in [2.75, 3.05) is 18.6 Å². The Morgan fingerprint density at radius 2 is 2.03 bits per heavy atom. The summed E-state index contributed by atoms with van der Waals surface area (Å²) in [6.45, 7) is 0.370. The lowest BCUT2D eigenvalue weighted by atomic mass is 9.92. The topological polar surface area (TPSA) is 73.1 Å². The zero-order chi connectivity index (χ0) is 22.7. The van der Waals surface area contributed by atoms with E-state index in [1.165, 1.54) is 12.1 Å². The molecule has 168 valence electrons. The standard InChI is InChI=1S/C20H22BrF2N3O3S2/c1-25-17(20(5-6-20)18(27)24-7-8-31(2,28)29)14-9-11(10-26(14)19(25)30)15-13(22)4-3-12(21)16(15)23/h3-4,11H,5-10H2,1-2H3,(H,24,27). The number of nitrogens with zero attached hydrogens (tertiary/aromatic N) is 2. The second-order valence-corrected chi connectivity index (χ2v) is 11.9. The van der Waals surface area contributed by atoms with Crippen LogP contribution in [-0.4, -0.2) is 42.0 Å². The van der Waals surface area contributed by atoms with Gasteiger partial charge in [-0.1, -0.05) is 0 Å². The van der Waals surface area contributed by atoms with E-state index in [9.17, 15) is 22.0 Å². The lowest BCUT2D eigenvalue weighted by molar-refractivity contribution is -0.123. The number of aromatic nitrogens is 2. The SMILES string of the molecule is Cn1c(C2(C(=O)NCCS(C)(=O)=O)CC2)c2n(c1=S)CC(c1c(F)ccc(Br)c1F)C2. The summed E-state index contributed by atoms with van der Waals surface area (Å²) in [6, 6.07) is 2.58. The Bertz CT molecular complexity index is 1250. The van der Waals surface area contributed by atoms with Crippen molar-refractivity contribution in [2.24, 2.45) is 7.05 Å². The van der Waals surface area contributed by atoms with Crippen LogP contribution < -0.4 is 5.32 Å². The second kappa shape index (κ2) is 7.77. The van der Waals surface area contributed by atoms with E-state index >= 15 is 0 Å². The first-order chi connectivity index (χ1) is 14.5. The maximum atomic E-state index is 14.7. The summed E-state index contributed by atoms with van der Waals surface area (Å²) in [4.78, 5) is 13.0. The summed E-state index contributed by atoms with van der Waals surface area (Å²) >= 11 is 8.70. The van der Waals surface area contributed by atoms with Gasteiger partial charge in [-0.2, -0.15) is 0 Å². The molecule has 1 amide bonds. The van der Waals surface area contributed by atoms with Crippen LogP contribution in [0.3, 0.4) is 0 Å². The molecular formula is C20H22BrF2N3O3S2. The van der Waals surface area contributed by atoms with Crippen LogP contribution >= 0.6 is 28.1 Å². The van der Waals surface area contributed by atoms with Crippen molar-refractivity contribution < 1.29 is 22.0 Å². The number of amides is 1. The minimum absolute atomic E-state index is 0.0172. The van der Waals surface area contributed by atoms with Crippen molar-refractivity contribution in [1.82, 2.24) is 14.5 Å². The quantitative estimate of drug-likeness (QED) is 0.457. The fraction of sp³-hybridized carbons (Fsp3) is 0.500. The third kappa shape index (κ3) is 3.89. The maximum Gasteiger partial charge on any atom is 0.232 e. The third-order valence-corrected chi connectivity index (χ3v) is 8.23. The van der Waals surface area contributed by atoms with Crippen LogP contribution in [0.15, 0.2) is 16.6 Å². The lowest BCUT2D eigenvalue weighted by Gasteiger charge is -2.19. The Kier molecular flexibility index (Phi) is 5.66. The average molecular weight is 534 g/mol. The number of sulfone groups is 1. The molecule has 1 aliphatic heterocycles. The number of rotatable bonds is 6. The van der Waals surface area contributed by atoms with Crippen LogP contribution in [0.1, 0.15) is 35.7 Å². The monoisotopic (exact) mass is 533 g/mol. The zero-order valence-electron chi connectivity index (χ0n) is 17.0. The smallest absolute Gasteiger partial charge is 0.232 e. The predicted octanol–water partition coefficient (Wildman–Crippen LogP) is 3.13. The van der Waals surface area contributed by atoms with Gasteiger partial charge in [-0.05, 0) is 59.5 Å². The number of benzene rings is 1. The molecule has 2 aromatic rings. The van der Waals surface area contributed by atoms with Gasteiger partial charge in [0.25, 0.3) is 0 Å². The predicted molar refractivity (Wildman–Crippen MR) is 118 cm³/mol. The van der Waals surface area contributed by atoms with Crippen LogP contribution in [0, 0.1) is 16.4 Å². The van der Waals surface area contributed by atoms with E-state index in [0.29, 0.717) is 30.6 Å². The lowest BCUT2D eigenvalue weighted by Crippen LogP contribution is -2.38. The largest absolute Gasteiger partial charge is 0.354 e. The molecule has 0 saturated heterocycles. The highest BCUT2D eigenvalue weighted by Gasteiger charge is 2.55. The number of fused-ring (bicyclic) bond motifs is 1. The van der Waals surface area contributed by atoms with Crippen molar-refractivity contribution >= 4 is 43.9 Å². The molecule has 11 heteroatoms. The summed E-state index contributed by atoms with van der Waals surface area (Å²) in [6.07, 6.45) is 2.71. The highest BCUT2D eigenvalue weighted by atomic mass is 79.9. The van der Waals surface area contributed by atoms with Gasteiger partial charge in [-0.25, -0.2) is 17.2 Å². The van der Waals surface area contributed by atoms with Crippen molar-refractivity contribution in [3.8, 4) is 0 Å². The Balaban J connectivity index is 1.66. The van der Waals surface area contributed by atoms with Gasteiger partial charge in [0.1, 0.15) is 21.5 Å². The zero-order valence-corrected chi connectivity index (χ0v) is 20.3. The Labute approximate surface area is 192 Å². The summed E-state index contributed by atoms with van der Waals surface area (Å²) in [5.41, 5.74) is 0.798. The van der Waals surface area contributed by atoms with Gasteiger partial charge in [0.2, 0.25) is 5.91 Å². The number of carbonyl (C=O) groups is 1. The van der Waals surface area contributed by atoms with Crippen LogP contribution in [0.2, 0.25) is 0 Å². The number of hydrogen-bond donors (Lipinski definition) is 1. The van der Waals surface area contributed by atoms with Crippen LogP contribution in [0.4, 0.5) is 8.78 Å². The van der Waals surface area contributed by atoms with Crippen molar-refractivity contribution in [1.29, 1.82) is 0 Å². The molecule has 1 unspecified atom stereocenters. The molecule has 1 atom stereocenters. The molecule has 4 rings (SSSR count). The van der Waals surface area contributed by atoms with E-state index in [-0.39, 0.29) is 28.2 Å². The van der Waals surface area contributed by atoms with E-state index in [2.05, 4.69) is 21.2 Å². The van der Waals surface area contributed by atoms with Crippen molar-refractivity contribution in [3.63, 3.8) is 0 Å². The van der Waals surface area contributed by atoms with Crippen LogP contribution in [0.25, 0.3) is 0 Å². The number of nitrogens with one attached hydrogen (secondary N) is 1. The molecule has 1 aliphatic carbocycles. The Morgan fingerprint density at radius 3 is 2.65 bits per heavy atom. The van der Waals surface area contributed by atoms with Crippen molar-refractivity contribution in [3.05, 3.63) is 50.0 Å². The molecule has 2 aliphatic rings. The first-order valence-electron chi connectivity index (χ1n) is 9.84. The van der Waals surface area contributed by atoms with Gasteiger partial charge < -0.3 is 14.5 Å². The minimum Gasteiger partial charge on any atom is -0.354 e. The Morgan fingerprint density at radius 1 is 1.35 bits per heavy atom. The van der Waals surface area contributed by atoms with E-state index in [1.54, 1.807) is 11.6 Å². The first kappa shape index (κ1) is 22.6. The van der Waals surface area contributed by atoms with Gasteiger partial charge in [-0.3, -0.25) is 4.79 Å². The summed E-state index contributed by atoms with van der Waals surface area (Å²) < 4.78 is 56.3. The molecule has 1 aromatic heterocycles.